The maximum atomic E-state index is 13.2. The van der Waals surface area contributed by atoms with E-state index < -0.39 is 24.1 Å². The minimum atomic E-state index is -1.85. The van der Waals surface area contributed by atoms with Crippen molar-refractivity contribution in [3.8, 4) is 0 Å². The molecule has 0 bridgehead atoms. The standard InChI is InChI=1S/C9H9BrFNO4/c1-16-9(15)7(14)6(13)5-2-4(10)3-12-8(5)11/h2-3,6-7,13-14H,1H3. The quantitative estimate of drug-likeness (QED) is 0.628. The van der Waals surface area contributed by atoms with Crippen LogP contribution in [-0.2, 0) is 9.53 Å². The summed E-state index contributed by atoms with van der Waals surface area (Å²) >= 11 is 3.03. The monoisotopic (exact) mass is 293 g/mol. The predicted molar refractivity (Wildman–Crippen MR) is 54.9 cm³/mol. The fraction of sp³-hybridized carbons (Fsp3) is 0.333. The van der Waals surface area contributed by atoms with Gasteiger partial charge in [-0.3, -0.25) is 0 Å². The lowest BCUT2D eigenvalue weighted by molar-refractivity contribution is -0.156. The van der Waals surface area contributed by atoms with Crippen LogP contribution in [0.25, 0.3) is 0 Å². The first kappa shape index (κ1) is 13.0. The van der Waals surface area contributed by atoms with E-state index in [1.807, 2.05) is 0 Å². The fourth-order valence-electron chi connectivity index (χ4n) is 1.07. The zero-order valence-electron chi connectivity index (χ0n) is 8.22. The van der Waals surface area contributed by atoms with Crippen LogP contribution in [-0.4, -0.2) is 34.4 Å². The van der Waals surface area contributed by atoms with E-state index in [2.05, 4.69) is 25.7 Å². The number of aromatic nitrogens is 1. The molecule has 0 saturated heterocycles. The molecule has 1 rings (SSSR count). The van der Waals surface area contributed by atoms with Gasteiger partial charge in [-0.1, -0.05) is 0 Å². The molecule has 0 fully saturated rings. The van der Waals surface area contributed by atoms with E-state index in [4.69, 9.17) is 0 Å². The average molecular weight is 294 g/mol. The molecule has 0 aromatic carbocycles. The fourth-order valence-corrected chi connectivity index (χ4v) is 1.41. The molecule has 2 atom stereocenters. The number of pyridine rings is 1. The second kappa shape index (κ2) is 5.33. The van der Waals surface area contributed by atoms with E-state index in [0.29, 0.717) is 4.47 Å². The van der Waals surface area contributed by atoms with E-state index in [0.717, 1.165) is 7.11 Å². The number of halogens is 2. The Hall–Kier alpha value is -1.05. The molecule has 7 heteroatoms. The summed E-state index contributed by atoms with van der Waals surface area (Å²) in [6, 6.07) is 1.22. The minimum Gasteiger partial charge on any atom is -0.467 e. The zero-order chi connectivity index (χ0) is 12.3. The van der Waals surface area contributed by atoms with Crippen LogP contribution in [0.5, 0.6) is 0 Å². The van der Waals surface area contributed by atoms with Crippen molar-refractivity contribution in [2.45, 2.75) is 12.2 Å². The van der Waals surface area contributed by atoms with Gasteiger partial charge in [-0.25, -0.2) is 9.78 Å². The van der Waals surface area contributed by atoms with Crippen molar-refractivity contribution in [3.63, 3.8) is 0 Å². The van der Waals surface area contributed by atoms with Gasteiger partial charge < -0.3 is 14.9 Å². The zero-order valence-corrected chi connectivity index (χ0v) is 9.81. The van der Waals surface area contributed by atoms with Gasteiger partial charge in [-0.15, -0.1) is 0 Å². The Balaban J connectivity index is 2.99. The molecule has 0 aliphatic heterocycles. The molecule has 0 spiro atoms. The van der Waals surface area contributed by atoms with Crippen molar-refractivity contribution >= 4 is 21.9 Å². The third-order valence-corrected chi connectivity index (χ3v) is 2.33. The van der Waals surface area contributed by atoms with Crippen LogP contribution >= 0.6 is 15.9 Å². The van der Waals surface area contributed by atoms with Gasteiger partial charge in [0.25, 0.3) is 0 Å². The van der Waals surface area contributed by atoms with Crippen molar-refractivity contribution in [3.05, 3.63) is 28.2 Å². The molecule has 16 heavy (non-hydrogen) atoms. The summed E-state index contributed by atoms with van der Waals surface area (Å²) in [7, 11) is 1.05. The van der Waals surface area contributed by atoms with Gasteiger partial charge in [0.1, 0.15) is 6.10 Å². The van der Waals surface area contributed by atoms with Crippen LogP contribution in [0.2, 0.25) is 0 Å². The number of rotatable bonds is 3. The molecule has 2 N–H and O–H groups in total. The Morgan fingerprint density at radius 1 is 1.62 bits per heavy atom. The molecule has 0 amide bonds. The lowest BCUT2D eigenvalue weighted by Crippen LogP contribution is -2.29. The smallest absolute Gasteiger partial charge is 0.337 e. The molecule has 5 nitrogen and oxygen atoms in total. The first-order chi connectivity index (χ1) is 7.47. The van der Waals surface area contributed by atoms with E-state index in [1.165, 1.54) is 12.3 Å². The van der Waals surface area contributed by atoms with Gasteiger partial charge in [-0.2, -0.15) is 4.39 Å². The number of aliphatic hydroxyl groups excluding tert-OH is 2. The number of nitrogens with zero attached hydrogens (tertiary/aromatic N) is 1. The summed E-state index contributed by atoms with van der Waals surface area (Å²) in [5, 5.41) is 18.9. The highest BCUT2D eigenvalue weighted by molar-refractivity contribution is 9.10. The van der Waals surface area contributed by atoms with Crippen LogP contribution in [0.1, 0.15) is 11.7 Å². The van der Waals surface area contributed by atoms with Gasteiger partial charge >= 0.3 is 5.97 Å². The molecule has 0 aliphatic carbocycles. The van der Waals surface area contributed by atoms with Crippen LogP contribution in [0.15, 0.2) is 16.7 Å². The number of hydrogen-bond donors (Lipinski definition) is 2. The van der Waals surface area contributed by atoms with E-state index >= 15 is 0 Å². The number of hydrogen-bond acceptors (Lipinski definition) is 5. The van der Waals surface area contributed by atoms with E-state index in [-0.39, 0.29) is 5.56 Å². The predicted octanol–water partition coefficient (Wildman–Crippen LogP) is 0.550. The first-order valence-electron chi connectivity index (χ1n) is 4.22. The summed E-state index contributed by atoms with van der Waals surface area (Å²) in [6.45, 7) is 0. The molecular formula is C9H9BrFNO4. The van der Waals surface area contributed by atoms with Crippen molar-refractivity contribution in [2.24, 2.45) is 0 Å². The average Bonchev–Trinajstić information content (AvgIpc) is 2.29. The topological polar surface area (TPSA) is 79.7 Å². The molecule has 1 aromatic rings. The maximum absolute atomic E-state index is 13.2. The van der Waals surface area contributed by atoms with Crippen LogP contribution in [0.3, 0.4) is 0 Å². The Kier molecular flexibility index (Phi) is 4.34. The third kappa shape index (κ3) is 2.75. The molecule has 2 unspecified atom stereocenters. The Labute approximate surface area is 99.0 Å². The van der Waals surface area contributed by atoms with Crippen LogP contribution in [0, 0.1) is 5.95 Å². The Morgan fingerprint density at radius 2 is 2.25 bits per heavy atom. The van der Waals surface area contributed by atoms with Crippen molar-refractivity contribution in [1.29, 1.82) is 0 Å². The molecule has 0 aliphatic rings. The lowest BCUT2D eigenvalue weighted by Gasteiger charge is -2.16. The van der Waals surface area contributed by atoms with Crippen LogP contribution in [0.4, 0.5) is 4.39 Å². The number of methoxy groups -OCH3 is 1. The number of ether oxygens (including phenoxy) is 1. The molecule has 88 valence electrons. The second-order valence-corrected chi connectivity index (χ2v) is 3.86. The van der Waals surface area contributed by atoms with Crippen molar-refractivity contribution in [2.75, 3.05) is 7.11 Å². The van der Waals surface area contributed by atoms with Gasteiger partial charge in [-0.05, 0) is 22.0 Å². The number of carbonyl (C=O) groups excluding carboxylic acids is 1. The molecule has 1 aromatic heterocycles. The normalized spacial score (nSPS) is 14.3. The van der Waals surface area contributed by atoms with E-state index in [1.54, 1.807) is 0 Å². The third-order valence-electron chi connectivity index (χ3n) is 1.89. The molecular weight excluding hydrogens is 285 g/mol. The Morgan fingerprint density at radius 3 is 2.81 bits per heavy atom. The molecule has 1 heterocycles. The maximum Gasteiger partial charge on any atom is 0.337 e. The highest BCUT2D eigenvalue weighted by atomic mass is 79.9. The second-order valence-electron chi connectivity index (χ2n) is 2.95. The summed E-state index contributed by atoms with van der Waals surface area (Å²) in [6.07, 6.45) is -2.39. The largest absolute Gasteiger partial charge is 0.467 e. The highest BCUT2D eigenvalue weighted by Crippen LogP contribution is 2.22. The van der Waals surface area contributed by atoms with E-state index in [9.17, 15) is 19.4 Å². The SMILES string of the molecule is COC(=O)C(O)C(O)c1cc(Br)cnc1F. The first-order valence-corrected chi connectivity index (χ1v) is 5.01. The molecule has 0 saturated carbocycles. The van der Waals surface area contributed by atoms with Gasteiger partial charge in [0, 0.05) is 16.2 Å². The minimum absolute atomic E-state index is 0.285. The summed E-state index contributed by atoms with van der Waals surface area (Å²) < 4.78 is 17.8. The summed E-state index contributed by atoms with van der Waals surface area (Å²) in [4.78, 5) is 14.3. The highest BCUT2D eigenvalue weighted by Gasteiger charge is 2.29. The van der Waals surface area contributed by atoms with Gasteiger partial charge in [0.15, 0.2) is 6.10 Å². The van der Waals surface area contributed by atoms with Crippen molar-refractivity contribution < 1.29 is 24.1 Å². The Bertz CT molecular complexity index is 401. The number of carbonyl (C=O) groups is 1. The lowest BCUT2D eigenvalue weighted by atomic mass is 10.1. The number of aliphatic hydroxyl groups is 2. The summed E-state index contributed by atoms with van der Waals surface area (Å²) in [5.41, 5.74) is -0.285. The van der Waals surface area contributed by atoms with Gasteiger partial charge in [0.05, 0.1) is 7.11 Å². The van der Waals surface area contributed by atoms with Crippen molar-refractivity contribution in [1.82, 2.24) is 4.98 Å². The van der Waals surface area contributed by atoms with Gasteiger partial charge in [0.2, 0.25) is 5.95 Å². The van der Waals surface area contributed by atoms with Crippen LogP contribution < -0.4 is 0 Å². The number of esters is 1. The summed E-state index contributed by atoms with van der Waals surface area (Å²) in [5.74, 6) is -2.01. The molecule has 0 radical (unpaired) electrons.